The standard InChI is InChI=1S/C14H16ClNO3/c1-16(10-7-18-8-11(10)17)6-13-14(15)9-4-2-3-5-12(9)19-13/h2-5,10-11,17H,6-8H2,1H3/t10-,11-/m1/s1. The minimum Gasteiger partial charge on any atom is -0.458 e. The number of halogens is 1. The molecule has 3 rings (SSSR count). The molecule has 4 nitrogen and oxygen atoms in total. The van der Waals surface area contributed by atoms with Crippen molar-refractivity contribution in [3.05, 3.63) is 35.0 Å². The van der Waals surface area contributed by atoms with Crippen molar-refractivity contribution in [1.82, 2.24) is 4.90 Å². The molecule has 1 N–H and O–H groups in total. The van der Waals surface area contributed by atoms with E-state index in [1.807, 2.05) is 36.2 Å². The maximum Gasteiger partial charge on any atom is 0.137 e. The Balaban J connectivity index is 1.83. The van der Waals surface area contributed by atoms with Crippen molar-refractivity contribution in [2.45, 2.75) is 18.7 Å². The Morgan fingerprint density at radius 3 is 2.84 bits per heavy atom. The minimum atomic E-state index is -0.451. The molecule has 5 heteroatoms. The highest BCUT2D eigenvalue weighted by Gasteiger charge is 2.30. The van der Waals surface area contributed by atoms with Crippen LogP contribution >= 0.6 is 11.6 Å². The van der Waals surface area contributed by atoms with Crippen LogP contribution in [0.3, 0.4) is 0 Å². The minimum absolute atomic E-state index is 0.00993. The van der Waals surface area contributed by atoms with E-state index in [4.69, 9.17) is 20.8 Å². The molecule has 1 aromatic carbocycles. The summed E-state index contributed by atoms with van der Waals surface area (Å²) in [4.78, 5) is 2.02. The number of benzene rings is 1. The molecular weight excluding hydrogens is 266 g/mol. The molecule has 1 aliphatic rings. The Morgan fingerprint density at radius 1 is 1.37 bits per heavy atom. The second-order valence-electron chi connectivity index (χ2n) is 4.92. The number of fused-ring (bicyclic) bond motifs is 1. The summed E-state index contributed by atoms with van der Waals surface area (Å²) in [6.07, 6.45) is -0.451. The molecule has 0 saturated carbocycles. The number of aliphatic hydroxyl groups is 1. The normalized spacial score (nSPS) is 23.6. The number of furan rings is 1. The average Bonchev–Trinajstić information content (AvgIpc) is 2.95. The maximum absolute atomic E-state index is 9.82. The molecule has 0 amide bonds. The van der Waals surface area contributed by atoms with Gasteiger partial charge in [-0.1, -0.05) is 23.7 Å². The number of likely N-dealkylation sites (N-methyl/N-ethyl adjacent to an activating group) is 1. The van der Waals surface area contributed by atoms with Crippen molar-refractivity contribution < 1.29 is 14.3 Å². The van der Waals surface area contributed by atoms with E-state index in [0.29, 0.717) is 24.8 Å². The lowest BCUT2D eigenvalue weighted by Gasteiger charge is -2.24. The lowest BCUT2D eigenvalue weighted by atomic mass is 10.2. The Hall–Kier alpha value is -1.07. The predicted molar refractivity (Wildman–Crippen MR) is 73.3 cm³/mol. The first kappa shape index (κ1) is 12.9. The maximum atomic E-state index is 9.82. The third-order valence-electron chi connectivity index (χ3n) is 3.58. The van der Waals surface area contributed by atoms with Crippen LogP contribution < -0.4 is 0 Å². The number of hydrogen-bond acceptors (Lipinski definition) is 4. The smallest absolute Gasteiger partial charge is 0.137 e. The Bertz CT molecular complexity index is 583. The van der Waals surface area contributed by atoms with Gasteiger partial charge in [-0.2, -0.15) is 0 Å². The molecule has 1 aromatic heterocycles. The van der Waals surface area contributed by atoms with Crippen LogP contribution in [0.1, 0.15) is 5.76 Å². The van der Waals surface area contributed by atoms with E-state index in [1.165, 1.54) is 0 Å². The monoisotopic (exact) mass is 281 g/mol. The zero-order chi connectivity index (χ0) is 13.4. The molecular formula is C14H16ClNO3. The van der Waals surface area contributed by atoms with Crippen LogP contribution in [0.2, 0.25) is 5.02 Å². The summed E-state index contributed by atoms with van der Waals surface area (Å²) in [7, 11) is 1.94. The molecule has 1 fully saturated rings. The van der Waals surface area contributed by atoms with E-state index >= 15 is 0 Å². The number of para-hydroxylation sites is 1. The Labute approximate surface area is 116 Å². The summed E-state index contributed by atoms with van der Waals surface area (Å²) in [5, 5.41) is 11.4. The number of aliphatic hydroxyl groups excluding tert-OH is 1. The van der Waals surface area contributed by atoms with Gasteiger partial charge in [0, 0.05) is 5.39 Å². The zero-order valence-corrected chi connectivity index (χ0v) is 11.4. The zero-order valence-electron chi connectivity index (χ0n) is 10.7. The molecule has 2 heterocycles. The van der Waals surface area contributed by atoms with Gasteiger partial charge in [0.1, 0.15) is 11.3 Å². The third-order valence-corrected chi connectivity index (χ3v) is 4.00. The first-order chi connectivity index (χ1) is 9.16. The fraction of sp³-hybridized carbons (Fsp3) is 0.429. The highest BCUT2D eigenvalue weighted by atomic mass is 35.5. The first-order valence-corrected chi connectivity index (χ1v) is 6.66. The van der Waals surface area contributed by atoms with E-state index in [0.717, 1.165) is 16.7 Å². The Kier molecular flexibility index (Phi) is 3.50. The predicted octanol–water partition coefficient (Wildman–Crippen LogP) is 2.28. The second-order valence-corrected chi connectivity index (χ2v) is 5.30. The molecule has 0 unspecified atom stereocenters. The van der Waals surface area contributed by atoms with Gasteiger partial charge in [-0.25, -0.2) is 0 Å². The van der Waals surface area contributed by atoms with Crippen molar-refractivity contribution in [2.75, 3.05) is 20.3 Å². The van der Waals surface area contributed by atoms with Gasteiger partial charge in [-0.3, -0.25) is 4.90 Å². The highest BCUT2D eigenvalue weighted by molar-refractivity contribution is 6.36. The van der Waals surface area contributed by atoms with Crippen LogP contribution in [-0.4, -0.2) is 42.4 Å². The van der Waals surface area contributed by atoms with Crippen molar-refractivity contribution in [3.63, 3.8) is 0 Å². The molecule has 0 bridgehead atoms. The molecule has 1 saturated heterocycles. The van der Waals surface area contributed by atoms with Crippen LogP contribution in [0.4, 0.5) is 0 Å². The van der Waals surface area contributed by atoms with Crippen molar-refractivity contribution in [3.8, 4) is 0 Å². The summed E-state index contributed by atoms with van der Waals surface area (Å²) < 4.78 is 11.0. The van der Waals surface area contributed by atoms with Crippen LogP contribution in [0.25, 0.3) is 11.0 Å². The van der Waals surface area contributed by atoms with Crippen molar-refractivity contribution >= 4 is 22.6 Å². The van der Waals surface area contributed by atoms with Gasteiger partial charge in [-0.05, 0) is 19.2 Å². The van der Waals surface area contributed by atoms with Gasteiger partial charge in [0.25, 0.3) is 0 Å². The molecule has 102 valence electrons. The van der Waals surface area contributed by atoms with E-state index < -0.39 is 6.10 Å². The van der Waals surface area contributed by atoms with Gasteiger partial charge in [0.15, 0.2) is 0 Å². The van der Waals surface area contributed by atoms with E-state index in [1.54, 1.807) is 0 Å². The molecule has 0 aliphatic carbocycles. The summed E-state index contributed by atoms with van der Waals surface area (Å²) >= 11 is 6.33. The molecule has 2 aromatic rings. The van der Waals surface area contributed by atoms with Crippen molar-refractivity contribution in [2.24, 2.45) is 0 Å². The third kappa shape index (κ3) is 2.37. The Morgan fingerprint density at radius 2 is 2.16 bits per heavy atom. The van der Waals surface area contributed by atoms with Gasteiger partial charge in [0.2, 0.25) is 0 Å². The number of nitrogens with zero attached hydrogens (tertiary/aromatic N) is 1. The highest BCUT2D eigenvalue weighted by Crippen LogP contribution is 2.31. The average molecular weight is 282 g/mol. The lowest BCUT2D eigenvalue weighted by Crippen LogP contribution is -2.39. The SMILES string of the molecule is CN(Cc1oc2ccccc2c1Cl)[C@@H]1COC[C@H]1O. The van der Waals surface area contributed by atoms with Gasteiger partial charge in [0.05, 0.1) is 36.9 Å². The fourth-order valence-electron chi connectivity index (χ4n) is 2.46. The topological polar surface area (TPSA) is 45.8 Å². The summed E-state index contributed by atoms with van der Waals surface area (Å²) in [5.41, 5.74) is 0.791. The summed E-state index contributed by atoms with van der Waals surface area (Å²) in [5.74, 6) is 0.726. The van der Waals surface area contributed by atoms with Gasteiger partial charge < -0.3 is 14.3 Å². The molecule has 0 spiro atoms. The summed E-state index contributed by atoms with van der Waals surface area (Å²) in [6.45, 7) is 1.48. The van der Waals surface area contributed by atoms with E-state index in [-0.39, 0.29) is 6.04 Å². The summed E-state index contributed by atoms with van der Waals surface area (Å²) in [6, 6.07) is 7.69. The quantitative estimate of drug-likeness (QED) is 0.938. The molecule has 2 atom stereocenters. The van der Waals surface area contributed by atoms with Gasteiger partial charge in [-0.15, -0.1) is 0 Å². The van der Waals surface area contributed by atoms with Crippen LogP contribution in [0.5, 0.6) is 0 Å². The van der Waals surface area contributed by atoms with Crippen LogP contribution in [-0.2, 0) is 11.3 Å². The van der Waals surface area contributed by atoms with Crippen LogP contribution in [0, 0.1) is 0 Å². The number of rotatable bonds is 3. The van der Waals surface area contributed by atoms with E-state index in [2.05, 4.69) is 0 Å². The molecule has 0 radical (unpaired) electrons. The molecule has 19 heavy (non-hydrogen) atoms. The fourth-order valence-corrected chi connectivity index (χ4v) is 2.72. The molecule has 1 aliphatic heterocycles. The second kappa shape index (κ2) is 5.13. The first-order valence-electron chi connectivity index (χ1n) is 6.29. The van der Waals surface area contributed by atoms with Crippen molar-refractivity contribution in [1.29, 1.82) is 0 Å². The number of hydrogen-bond donors (Lipinski definition) is 1. The lowest BCUT2D eigenvalue weighted by molar-refractivity contribution is 0.0896. The van der Waals surface area contributed by atoms with Gasteiger partial charge >= 0.3 is 0 Å². The largest absolute Gasteiger partial charge is 0.458 e. The number of ether oxygens (including phenoxy) is 1. The van der Waals surface area contributed by atoms with E-state index in [9.17, 15) is 5.11 Å². The van der Waals surface area contributed by atoms with Crippen LogP contribution in [0.15, 0.2) is 28.7 Å².